The van der Waals surface area contributed by atoms with Gasteiger partial charge in [-0.05, 0) is 107 Å². The summed E-state index contributed by atoms with van der Waals surface area (Å²) in [5.74, 6) is -1.32. The summed E-state index contributed by atoms with van der Waals surface area (Å²) in [5, 5.41) is 26.2. The maximum Gasteiger partial charge on any atom is 0.534 e. The van der Waals surface area contributed by atoms with Crippen LogP contribution in [0.25, 0.3) is 0 Å². The van der Waals surface area contributed by atoms with E-state index in [0.717, 1.165) is 23.6 Å². The molecule has 20 heteroatoms. The van der Waals surface area contributed by atoms with E-state index in [1.165, 1.54) is 20.8 Å². The molecule has 0 atom stereocenters. The Morgan fingerprint density at radius 2 is 0.808 bits per heavy atom. The zero-order valence-corrected chi connectivity index (χ0v) is 46.5. The van der Waals surface area contributed by atoms with Crippen molar-refractivity contribution in [1.82, 2.24) is 5.06 Å². The van der Waals surface area contributed by atoms with Gasteiger partial charge in [0.15, 0.2) is 16.6 Å². The molecular formula is C53H73NO17Si2. The van der Waals surface area contributed by atoms with Gasteiger partial charge in [0.05, 0.1) is 19.8 Å². The molecule has 0 unspecified atom stereocenters. The Hall–Kier alpha value is -6.72. The van der Waals surface area contributed by atoms with Gasteiger partial charge >= 0.3 is 24.1 Å². The van der Waals surface area contributed by atoms with Crippen molar-refractivity contribution in [3.63, 3.8) is 0 Å². The number of carboxylic acids is 1. The number of aliphatic hydroxyl groups excluding tert-OH is 1. The predicted octanol–water partition coefficient (Wildman–Crippen LogP) is 10.6. The highest BCUT2D eigenvalue weighted by Crippen LogP contribution is 2.38. The standard InChI is InChI=1S/C15H24O3Si.C14H13NO7.C13H22O2Si.C9H10O3.C2H4O2/c1-12(16)18-14-9-7-13(8-10-14)11-17-19(5,6)15(2,3)4;1-9(16)21-11-4-2-10(3-5-11)8-20-14(19)22-15-12(17)6-7-13(15)18;1-13(2,3)16(4,5)15-10-11-6-8-12(14)9-7-11;1-7(11)12-9-4-2-8(6-10)3-5-9;1-2(3)4/h7-10H,11H2,1-6H3;2-5H,6-8H2,1H3;6-9,14H,10H2,1-5H3;2-5,10H,6H2,1H3;1H3,(H,3,4). The van der Waals surface area contributed by atoms with Gasteiger partial charge in [0, 0.05) is 40.5 Å². The smallest absolute Gasteiger partial charge is 0.508 e. The molecule has 0 radical (unpaired) electrons. The summed E-state index contributed by atoms with van der Waals surface area (Å²) in [4.78, 5) is 79.5. The summed E-state index contributed by atoms with van der Waals surface area (Å²) >= 11 is 0. The number of carbonyl (C=O) groups is 7. The Labute approximate surface area is 430 Å². The zero-order chi connectivity index (χ0) is 55.7. The van der Waals surface area contributed by atoms with E-state index in [9.17, 15) is 33.9 Å². The van der Waals surface area contributed by atoms with Gasteiger partial charge < -0.3 is 43.1 Å². The summed E-state index contributed by atoms with van der Waals surface area (Å²) in [7, 11) is -3.38. The number of aromatic hydroxyl groups is 1. The summed E-state index contributed by atoms with van der Waals surface area (Å²) in [6.45, 7) is 28.6. The average molecular weight is 1050 g/mol. The van der Waals surface area contributed by atoms with E-state index in [1.54, 1.807) is 72.8 Å². The molecule has 0 aliphatic carbocycles. The number of hydroxylamine groups is 2. The molecule has 1 aliphatic rings. The molecule has 0 bridgehead atoms. The number of imide groups is 1. The van der Waals surface area contributed by atoms with E-state index in [2.05, 4.69) is 72.6 Å². The first-order valence-electron chi connectivity index (χ1n) is 23.1. The number of rotatable bonds is 13. The number of nitrogens with zero attached hydrogens (tertiary/aromatic N) is 1. The molecule has 0 aromatic heterocycles. The second-order valence-electron chi connectivity index (χ2n) is 19.4. The quantitative estimate of drug-likeness (QED) is 0.0487. The van der Waals surface area contributed by atoms with Crippen LogP contribution in [-0.4, -0.2) is 78.9 Å². The van der Waals surface area contributed by atoms with Gasteiger partial charge in [-0.3, -0.25) is 33.6 Å². The van der Waals surface area contributed by atoms with E-state index in [1.807, 2.05) is 24.3 Å². The van der Waals surface area contributed by atoms with Crippen LogP contribution in [-0.2, 0) is 73.6 Å². The number of carboxylic acid groups (broad SMARTS) is 1. The molecule has 0 saturated carbocycles. The van der Waals surface area contributed by atoms with Crippen LogP contribution in [0.5, 0.6) is 23.0 Å². The maximum atomic E-state index is 11.4. The van der Waals surface area contributed by atoms with Gasteiger partial charge in [0.2, 0.25) is 0 Å². The lowest BCUT2D eigenvalue weighted by molar-refractivity contribution is -0.177. The molecule has 73 heavy (non-hydrogen) atoms. The van der Waals surface area contributed by atoms with Crippen molar-refractivity contribution in [3.05, 3.63) is 119 Å². The molecule has 400 valence electrons. The van der Waals surface area contributed by atoms with Crippen LogP contribution in [0.2, 0.25) is 36.3 Å². The Kier molecular flexibility index (Phi) is 26.7. The van der Waals surface area contributed by atoms with Crippen LogP contribution >= 0.6 is 0 Å². The molecule has 4 aromatic carbocycles. The minimum absolute atomic E-state index is 0.000349. The fraction of sp³-hybridized carbons (Fsp3) is 0.415. The molecule has 1 aliphatic heterocycles. The topological polar surface area (TPSA) is 248 Å². The van der Waals surface area contributed by atoms with Crippen LogP contribution < -0.4 is 14.2 Å². The lowest BCUT2D eigenvalue weighted by Crippen LogP contribution is -2.40. The fourth-order valence-electron chi connectivity index (χ4n) is 4.92. The fourth-order valence-corrected chi connectivity index (χ4v) is 6.84. The van der Waals surface area contributed by atoms with Crippen LogP contribution in [0.15, 0.2) is 97.1 Å². The number of phenolic OH excluding ortho intramolecular Hbond substituents is 1. The first-order valence-corrected chi connectivity index (χ1v) is 29.0. The van der Waals surface area contributed by atoms with Crippen molar-refractivity contribution >= 4 is 58.5 Å². The molecule has 5 rings (SSSR count). The highest BCUT2D eigenvalue weighted by Gasteiger charge is 2.38. The third-order valence-electron chi connectivity index (χ3n) is 11.0. The third-order valence-corrected chi connectivity index (χ3v) is 20.0. The van der Waals surface area contributed by atoms with E-state index < -0.39 is 46.5 Å². The number of hydrogen-bond acceptors (Lipinski definition) is 16. The molecule has 2 amide bonds. The summed E-state index contributed by atoms with van der Waals surface area (Å²) in [6, 6.07) is 27.7. The van der Waals surface area contributed by atoms with Crippen molar-refractivity contribution in [3.8, 4) is 23.0 Å². The number of hydrogen-bond donors (Lipinski definition) is 3. The summed E-state index contributed by atoms with van der Waals surface area (Å²) < 4.78 is 31.6. The maximum absolute atomic E-state index is 11.4. The number of phenols is 1. The molecule has 1 heterocycles. The van der Waals surface area contributed by atoms with Crippen LogP contribution in [0.1, 0.15) is 104 Å². The largest absolute Gasteiger partial charge is 0.534 e. The number of aliphatic carboxylic acids is 1. The number of benzene rings is 4. The van der Waals surface area contributed by atoms with Crippen molar-refractivity contribution in [1.29, 1.82) is 0 Å². The zero-order valence-electron chi connectivity index (χ0n) is 44.5. The van der Waals surface area contributed by atoms with Crippen molar-refractivity contribution in [2.75, 3.05) is 0 Å². The van der Waals surface area contributed by atoms with E-state index in [0.29, 0.717) is 46.8 Å². The Morgan fingerprint density at radius 3 is 1.10 bits per heavy atom. The molecule has 1 saturated heterocycles. The number of aliphatic hydroxyl groups is 1. The minimum Gasteiger partial charge on any atom is -0.508 e. The molecular weight excluding hydrogens is 979 g/mol. The van der Waals surface area contributed by atoms with E-state index >= 15 is 0 Å². The molecule has 18 nitrogen and oxygen atoms in total. The average Bonchev–Trinajstić information content (AvgIpc) is 3.60. The highest BCUT2D eigenvalue weighted by atomic mass is 28.4. The molecule has 3 N–H and O–H groups in total. The van der Waals surface area contributed by atoms with Gasteiger partial charge in [0.25, 0.3) is 17.8 Å². The Balaban J connectivity index is 0.000000483. The third kappa shape index (κ3) is 26.5. The van der Waals surface area contributed by atoms with Crippen molar-refractivity contribution in [2.45, 2.75) is 145 Å². The van der Waals surface area contributed by atoms with Crippen LogP contribution in [0.3, 0.4) is 0 Å². The number of ether oxygens (including phenoxy) is 4. The Morgan fingerprint density at radius 1 is 0.521 bits per heavy atom. The second kappa shape index (κ2) is 30.3. The van der Waals surface area contributed by atoms with Crippen LogP contribution in [0, 0.1) is 0 Å². The van der Waals surface area contributed by atoms with Gasteiger partial charge in [-0.2, -0.15) is 0 Å². The van der Waals surface area contributed by atoms with Gasteiger partial charge in [-0.15, -0.1) is 0 Å². The van der Waals surface area contributed by atoms with Gasteiger partial charge in [0.1, 0.15) is 29.6 Å². The van der Waals surface area contributed by atoms with Crippen LogP contribution in [0.4, 0.5) is 4.79 Å². The Bertz CT molecular complexity index is 2370. The SMILES string of the molecule is CC(=O)O.CC(=O)Oc1ccc(CO)cc1.CC(=O)Oc1ccc(COC(=O)ON2C(=O)CCC2=O)cc1.CC(=O)Oc1ccc(CO[Si](C)(C)C(C)(C)C)cc1.CC(C)(C)[Si](C)(C)OCc1ccc(O)cc1. The second-order valence-corrected chi connectivity index (χ2v) is 29.0. The van der Waals surface area contributed by atoms with E-state index in [4.69, 9.17) is 42.8 Å². The normalized spacial score (nSPS) is 12.1. The predicted molar refractivity (Wildman–Crippen MR) is 277 cm³/mol. The van der Waals surface area contributed by atoms with Crippen molar-refractivity contribution in [2.24, 2.45) is 0 Å². The summed E-state index contributed by atoms with van der Waals surface area (Å²) in [5.41, 5.74) is 3.63. The summed E-state index contributed by atoms with van der Waals surface area (Å²) in [6.07, 6.45) is -1.11. The minimum atomic E-state index is -1.71. The lowest BCUT2D eigenvalue weighted by Gasteiger charge is -2.36. The van der Waals surface area contributed by atoms with E-state index in [-0.39, 0.29) is 48.1 Å². The first-order chi connectivity index (χ1) is 33.7. The van der Waals surface area contributed by atoms with Gasteiger partial charge in [-0.25, -0.2) is 4.79 Å². The first kappa shape index (κ1) is 64.3. The number of esters is 3. The number of amides is 2. The molecule has 4 aromatic rings. The number of carbonyl (C=O) groups excluding carboxylic acids is 6. The highest BCUT2D eigenvalue weighted by molar-refractivity contribution is 6.74. The molecule has 1 fully saturated rings. The molecule has 0 spiro atoms. The lowest BCUT2D eigenvalue weighted by atomic mass is 10.2. The van der Waals surface area contributed by atoms with Crippen molar-refractivity contribution < 1.29 is 81.5 Å². The monoisotopic (exact) mass is 1050 g/mol. The van der Waals surface area contributed by atoms with Gasteiger partial charge in [-0.1, -0.05) is 95.1 Å².